The lowest BCUT2D eigenvalue weighted by Crippen LogP contribution is -2.30. The molecule has 1 aliphatic carbocycles. The van der Waals surface area contributed by atoms with Crippen molar-refractivity contribution in [3.8, 4) is 5.88 Å². The number of aromatic amines is 1. The fraction of sp³-hybridized carbons (Fsp3) is 0.500. The van der Waals surface area contributed by atoms with Gasteiger partial charge in [-0.3, -0.25) is 9.89 Å². The number of ether oxygens (including phenoxy) is 2. The van der Waals surface area contributed by atoms with Gasteiger partial charge in [-0.05, 0) is 31.7 Å². The molecule has 2 heterocycles. The van der Waals surface area contributed by atoms with E-state index in [1.54, 1.807) is 37.4 Å². The van der Waals surface area contributed by atoms with Crippen LogP contribution in [0.2, 0.25) is 0 Å². The first-order valence-corrected chi connectivity index (χ1v) is 9.74. The minimum absolute atomic E-state index is 0.0922. The average Bonchev–Trinajstić information content (AvgIpc) is 3.37. The summed E-state index contributed by atoms with van der Waals surface area (Å²) in [5.41, 5.74) is 1.73. The predicted molar refractivity (Wildman–Crippen MR) is 107 cm³/mol. The fourth-order valence-corrected chi connectivity index (χ4v) is 3.31. The highest BCUT2D eigenvalue weighted by Crippen LogP contribution is 2.36. The van der Waals surface area contributed by atoms with E-state index in [2.05, 4.69) is 20.5 Å². The zero-order chi connectivity index (χ0) is 20.8. The summed E-state index contributed by atoms with van der Waals surface area (Å²) in [5.74, 6) is 1.05. The van der Waals surface area contributed by atoms with Gasteiger partial charge in [0.15, 0.2) is 5.82 Å². The molecule has 2 amide bonds. The fourth-order valence-electron chi connectivity index (χ4n) is 3.31. The number of nitrogens with zero attached hydrogens (tertiary/aromatic N) is 3. The van der Waals surface area contributed by atoms with Gasteiger partial charge in [-0.25, -0.2) is 9.78 Å². The molecule has 2 atom stereocenters. The number of pyridine rings is 1. The lowest BCUT2D eigenvalue weighted by molar-refractivity contribution is -0.115. The van der Waals surface area contributed by atoms with Gasteiger partial charge in [0.05, 0.1) is 13.5 Å². The molecule has 3 rings (SSSR count). The topological polar surface area (TPSA) is 109 Å². The van der Waals surface area contributed by atoms with Crippen LogP contribution in [-0.4, -0.2) is 58.9 Å². The molecular weight excluding hydrogens is 374 g/mol. The van der Waals surface area contributed by atoms with Crippen LogP contribution in [0.25, 0.3) is 0 Å². The van der Waals surface area contributed by atoms with Crippen LogP contribution in [0.15, 0.2) is 24.4 Å². The van der Waals surface area contributed by atoms with E-state index in [1.807, 2.05) is 13.0 Å². The van der Waals surface area contributed by atoms with Crippen molar-refractivity contribution in [1.82, 2.24) is 20.1 Å². The van der Waals surface area contributed by atoms with Crippen LogP contribution in [0.4, 0.5) is 10.6 Å². The summed E-state index contributed by atoms with van der Waals surface area (Å²) < 4.78 is 10.5. The Morgan fingerprint density at radius 2 is 2.17 bits per heavy atom. The van der Waals surface area contributed by atoms with Gasteiger partial charge in [-0.1, -0.05) is 6.07 Å². The highest BCUT2D eigenvalue weighted by molar-refractivity contribution is 5.91. The van der Waals surface area contributed by atoms with E-state index in [0.717, 1.165) is 30.5 Å². The van der Waals surface area contributed by atoms with Crippen LogP contribution in [-0.2, 0) is 16.0 Å². The normalized spacial score (nSPS) is 18.3. The molecule has 1 fully saturated rings. The number of rotatable bonds is 7. The molecular formula is C20H27N5O4. The summed E-state index contributed by atoms with van der Waals surface area (Å²) in [6, 6.07) is 5.37. The second-order valence-corrected chi connectivity index (χ2v) is 7.17. The molecule has 0 aliphatic heterocycles. The number of carbonyl (C=O) groups is 2. The quantitative estimate of drug-likeness (QED) is 0.738. The Morgan fingerprint density at radius 3 is 2.86 bits per heavy atom. The number of carbonyl (C=O) groups excluding carboxylic acids is 2. The van der Waals surface area contributed by atoms with Crippen molar-refractivity contribution in [3.63, 3.8) is 0 Å². The monoisotopic (exact) mass is 401 g/mol. The molecule has 0 aromatic carbocycles. The van der Waals surface area contributed by atoms with Crippen LogP contribution in [0.3, 0.4) is 0 Å². The van der Waals surface area contributed by atoms with Crippen molar-refractivity contribution in [1.29, 1.82) is 0 Å². The zero-order valence-corrected chi connectivity index (χ0v) is 17.0. The average molecular weight is 401 g/mol. The summed E-state index contributed by atoms with van der Waals surface area (Å²) in [4.78, 5) is 29.8. The van der Waals surface area contributed by atoms with E-state index in [1.165, 1.54) is 0 Å². The lowest BCUT2D eigenvalue weighted by atomic mass is 10.0. The summed E-state index contributed by atoms with van der Waals surface area (Å²) in [6.07, 6.45) is 3.90. The second-order valence-electron chi connectivity index (χ2n) is 7.17. The standard InChI is InChI=1S/C20H27N5O4/c1-4-25(2)20(27)29-15-7-6-14(10-15)16-11-17(24-23-16)22-18(26)9-13-5-8-19(28-3)21-12-13/h5,8,11-12,14-15H,4,6-7,9-10H2,1-3H3,(H2,22,23,24,26)/t14-,15+/m0/s1. The SMILES string of the molecule is CCN(C)C(=O)O[C@@H]1CC[C@H](c2cc(NC(=O)Cc3ccc(OC)nc3)n[nH]2)C1. The molecule has 1 saturated carbocycles. The Labute approximate surface area is 169 Å². The molecule has 0 spiro atoms. The number of hydrogen-bond donors (Lipinski definition) is 2. The van der Waals surface area contributed by atoms with Gasteiger partial charge < -0.3 is 19.7 Å². The molecule has 2 N–H and O–H groups in total. The van der Waals surface area contributed by atoms with E-state index in [-0.39, 0.29) is 30.4 Å². The minimum Gasteiger partial charge on any atom is -0.481 e. The molecule has 0 saturated heterocycles. The maximum absolute atomic E-state index is 12.2. The number of aromatic nitrogens is 3. The summed E-state index contributed by atoms with van der Waals surface area (Å²) in [6.45, 7) is 2.52. The van der Waals surface area contributed by atoms with Crippen molar-refractivity contribution < 1.29 is 19.1 Å². The molecule has 0 radical (unpaired) electrons. The molecule has 1 aliphatic rings. The van der Waals surface area contributed by atoms with Gasteiger partial charge >= 0.3 is 6.09 Å². The first-order valence-electron chi connectivity index (χ1n) is 9.74. The third-order valence-corrected chi connectivity index (χ3v) is 5.11. The lowest BCUT2D eigenvalue weighted by Gasteiger charge is -2.18. The molecule has 9 heteroatoms. The summed E-state index contributed by atoms with van der Waals surface area (Å²) >= 11 is 0. The van der Waals surface area contributed by atoms with Gasteiger partial charge in [-0.2, -0.15) is 5.10 Å². The Bertz CT molecular complexity index is 836. The highest BCUT2D eigenvalue weighted by Gasteiger charge is 2.30. The van der Waals surface area contributed by atoms with Gasteiger partial charge in [0.2, 0.25) is 11.8 Å². The third-order valence-electron chi connectivity index (χ3n) is 5.11. The second kappa shape index (κ2) is 9.40. The molecule has 29 heavy (non-hydrogen) atoms. The molecule has 9 nitrogen and oxygen atoms in total. The molecule has 0 bridgehead atoms. The number of methoxy groups -OCH3 is 1. The third kappa shape index (κ3) is 5.46. The largest absolute Gasteiger partial charge is 0.481 e. The van der Waals surface area contributed by atoms with Gasteiger partial charge in [0, 0.05) is 43.5 Å². The van der Waals surface area contributed by atoms with E-state index < -0.39 is 0 Å². The smallest absolute Gasteiger partial charge is 0.409 e. The van der Waals surface area contributed by atoms with Crippen LogP contribution in [0.5, 0.6) is 5.88 Å². The summed E-state index contributed by atoms with van der Waals surface area (Å²) in [7, 11) is 3.27. The van der Waals surface area contributed by atoms with Crippen LogP contribution in [0, 0.1) is 0 Å². The Hall–Kier alpha value is -3.10. The maximum Gasteiger partial charge on any atom is 0.409 e. The number of H-pyrrole nitrogens is 1. The van der Waals surface area contributed by atoms with Gasteiger partial charge in [0.1, 0.15) is 6.10 Å². The Morgan fingerprint density at radius 1 is 1.34 bits per heavy atom. The van der Waals surface area contributed by atoms with Crippen molar-refractivity contribution in [2.24, 2.45) is 0 Å². The van der Waals surface area contributed by atoms with Crippen LogP contribution < -0.4 is 10.1 Å². The number of anilines is 1. The minimum atomic E-state index is -0.288. The number of hydrogen-bond acceptors (Lipinski definition) is 6. The molecule has 2 aromatic rings. The van der Waals surface area contributed by atoms with E-state index in [4.69, 9.17) is 9.47 Å². The molecule has 156 valence electrons. The zero-order valence-electron chi connectivity index (χ0n) is 17.0. The summed E-state index contributed by atoms with van der Waals surface area (Å²) in [5, 5.41) is 9.98. The van der Waals surface area contributed by atoms with E-state index in [0.29, 0.717) is 18.2 Å². The van der Waals surface area contributed by atoms with Crippen molar-refractivity contribution >= 4 is 17.8 Å². The highest BCUT2D eigenvalue weighted by atomic mass is 16.6. The molecule has 0 unspecified atom stereocenters. The Balaban J connectivity index is 1.50. The first-order chi connectivity index (χ1) is 14.0. The van der Waals surface area contributed by atoms with Gasteiger partial charge in [-0.15, -0.1) is 0 Å². The van der Waals surface area contributed by atoms with Crippen LogP contribution >= 0.6 is 0 Å². The maximum atomic E-state index is 12.2. The van der Waals surface area contributed by atoms with E-state index >= 15 is 0 Å². The first kappa shape index (κ1) is 20.6. The van der Waals surface area contributed by atoms with E-state index in [9.17, 15) is 9.59 Å². The van der Waals surface area contributed by atoms with Gasteiger partial charge in [0.25, 0.3) is 0 Å². The van der Waals surface area contributed by atoms with Crippen molar-refractivity contribution in [2.75, 3.05) is 26.0 Å². The van der Waals surface area contributed by atoms with Crippen molar-refractivity contribution in [2.45, 2.75) is 44.6 Å². The predicted octanol–water partition coefficient (Wildman–Crippen LogP) is 2.72. The number of amides is 2. The van der Waals surface area contributed by atoms with Crippen LogP contribution in [0.1, 0.15) is 43.4 Å². The number of nitrogens with one attached hydrogen (secondary N) is 2. The Kier molecular flexibility index (Phi) is 6.69. The molecule has 2 aromatic heterocycles. The van der Waals surface area contributed by atoms with Crippen molar-refractivity contribution in [3.05, 3.63) is 35.7 Å².